The molecule has 0 saturated carbocycles. The molecule has 1 aromatic rings. The van der Waals surface area contributed by atoms with E-state index >= 15 is 0 Å². The third-order valence-electron chi connectivity index (χ3n) is 4.28. The second-order valence-corrected chi connectivity index (χ2v) is 5.98. The lowest BCUT2D eigenvalue weighted by Crippen LogP contribution is -2.36. The molecular weight excluding hydrogens is 250 g/mol. The van der Waals surface area contributed by atoms with Crippen molar-refractivity contribution in [3.05, 3.63) is 17.5 Å². The molecule has 0 bridgehead atoms. The van der Waals surface area contributed by atoms with E-state index in [1.165, 1.54) is 25.0 Å². The summed E-state index contributed by atoms with van der Waals surface area (Å²) in [6, 6.07) is 2.62. The van der Waals surface area contributed by atoms with Gasteiger partial charge in [-0.1, -0.05) is 19.8 Å². The van der Waals surface area contributed by atoms with Crippen LogP contribution in [0.1, 0.15) is 57.3 Å². The number of nitrogens with zero attached hydrogens (tertiary/aromatic N) is 3. The molecule has 1 aromatic heterocycles. The van der Waals surface area contributed by atoms with Crippen LogP contribution in [0.4, 0.5) is 0 Å². The van der Waals surface area contributed by atoms with Gasteiger partial charge in [0.2, 0.25) is 0 Å². The van der Waals surface area contributed by atoms with E-state index in [4.69, 9.17) is 0 Å². The maximum absolute atomic E-state index is 11.5. The molecule has 112 valence electrons. The average Bonchev–Trinajstić information content (AvgIpc) is 2.61. The molecule has 1 aliphatic rings. The first-order chi connectivity index (χ1) is 9.60. The van der Waals surface area contributed by atoms with E-state index in [0.29, 0.717) is 18.2 Å². The summed E-state index contributed by atoms with van der Waals surface area (Å²) in [4.78, 5) is 14.0. The Hall–Kier alpha value is -1.16. The molecule has 0 amide bonds. The fourth-order valence-corrected chi connectivity index (χ4v) is 3.11. The van der Waals surface area contributed by atoms with Gasteiger partial charge >= 0.3 is 0 Å². The van der Waals surface area contributed by atoms with Gasteiger partial charge in [-0.3, -0.25) is 14.4 Å². The van der Waals surface area contributed by atoms with Crippen LogP contribution < -0.4 is 0 Å². The summed E-state index contributed by atoms with van der Waals surface area (Å²) < 4.78 is 1.99. The van der Waals surface area contributed by atoms with Crippen molar-refractivity contribution in [3.8, 4) is 0 Å². The van der Waals surface area contributed by atoms with Crippen molar-refractivity contribution >= 4 is 5.78 Å². The van der Waals surface area contributed by atoms with Crippen molar-refractivity contribution in [1.82, 2.24) is 14.7 Å². The van der Waals surface area contributed by atoms with Crippen molar-refractivity contribution < 1.29 is 4.79 Å². The normalized spacial score (nSPS) is 20.9. The monoisotopic (exact) mass is 277 g/mol. The van der Waals surface area contributed by atoms with Crippen LogP contribution in [0.15, 0.2) is 6.07 Å². The second-order valence-electron chi connectivity index (χ2n) is 5.98. The number of aryl methyl sites for hydroxylation is 2. The van der Waals surface area contributed by atoms with Gasteiger partial charge < -0.3 is 0 Å². The number of rotatable bonds is 5. The molecule has 2 rings (SSSR count). The highest BCUT2D eigenvalue weighted by Gasteiger charge is 2.23. The molecule has 20 heavy (non-hydrogen) atoms. The van der Waals surface area contributed by atoms with Crippen LogP contribution in [0.3, 0.4) is 0 Å². The average molecular weight is 277 g/mol. The smallest absolute Gasteiger partial charge is 0.131 e. The van der Waals surface area contributed by atoms with E-state index in [1.807, 2.05) is 11.7 Å². The lowest BCUT2D eigenvalue weighted by Gasteiger charge is -2.29. The predicted octanol–water partition coefficient (Wildman–Crippen LogP) is 2.71. The minimum Gasteiger partial charge on any atom is -0.300 e. The Morgan fingerprint density at radius 2 is 2.20 bits per heavy atom. The molecule has 4 nitrogen and oxygen atoms in total. The summed E-state index contributed by atoms with van der Waals surface area (Å²) in [6.45, 7) is 5.87. The molecule has 0 spiro atoms. The van der Waals surface area contributed by atoms with Crippen molar-refractivity contribution in [2.75, 3.05) is 6.54 Å². The standard InChI is InChI=1S/C16H27N3O/c1-4-14-11-16(18(3)17-14)12-19-9-7-5-6-8-15(19)10-13(2)20/h11,15H,4-10,12H2,1-3H3. The maximum atomic E-state index is 11.5. The molecule has 1 atom stereocenters. The first-order valence-electron chi connectivity index (χ1n) is 7.85. The Morgan fingerprint density at radius 1 is 1.40 bits per heavy atom. The zero-order chi connectivity index (χ0) is 14.5. The van der Waals surface area contributed by atoms with Gasteiger partial charge in [0.25, 0.3) is 0 Å². The van der Waals surface area contributed by atoms with Crippen molar-refractivity contribution in [3.63, 3.8) is 0 Å². The van der Waals surface area contributed by atoms with E-state index < -0.39 is 0 Å². The Bertz CT molecular complexity index is 453. The third-order valence-corrected chi connectivity index (χ3v) is 4.28. The summed E-state index contributed by atoms with van der Waals surface area (Å²) in [5, 5.41) is 4.53. The lowest BCUT2D eigenvalue weighted by molar-refractivity contribution is -0.118. The summed E-state index contributed by atoms with van der Waals surface area (Å²) in [7, 11) is 2.02. The fraction of sp³-hybridized carbons (Fsp3) is 0.750. The van der Waals surface area contributed by atoms with Crippen molar-refractivity contribution in [2.24, 2.45) is 7.05 Å². The molecule has 4 heteroatoms. The van der Waals surface area contributed by atoms with Gasteiger partial charge in [0, 0.05) is 26.1 Å². The number of ketones is 1. The second kappa shape index (κ2) is 7.02. The maximum Gasteiger partial charge on any atom is 0.131 e. The van der Waals surface area contributed by atoms with Gasteiger partial charge in [-0.2, -0.15) is 5.10 Å². The van der Waals surface area contributed by atoms with Crippen LogP contribution in [-0.4, -0.2) is 33.1 Å². The summed E-state index contributed by atoms with van der Waals surface area (Å²) in [5.74, 6) is 0.307. The molecule has 2 heterocycles. The first-order valence-corrected chi connectivity index (χ1v) is 7.85. The Kier molecular flexibility index (Phi) is 5.35. The van der Waals surface area contributed by atoms with Crippen LogP contribution in [0.25, 0.3) is 0 Å². The SMILES string of the molecule is CCc1cc(CN2CCCCCC2CC(C)=O)n(C)n1. The van der Waals surface area contributed by atoms with Gasteiger partial charge in [0.15, 0.2) is 0 Å². The van der Waals surface area contributed by atoms with Crippen molar-refractivity contribution in [2.45, 2.75) is 65.0 Å². The van der Waals surface area contributed by atoms with E-state index in [0.717, 1.165) is 31.6 Å². The van der Waals surface area contributed by atoms with E-state index in [9.17, 15) is 4.79 Å². The predicted molar refractivity (Wildman–Crippen MR) is 80.6 cm³/mol. The summed E-state index contributed by atoms with van der Waals surface area (Å²) >= 11 is 0. The lowest BCUT2D eigenvalue weighted by atomic mass is 10.0. The number of aromatic nitrogens is 2. The Morgan fingerprint density at radius 3 is 2.85 bits per heavy atom. The number of hydrogen-bond acceptors (Lipinski definition) is 3. The third kappa shape index (κ3) is 3.92. The van der Waals surface area contributed by atoms with Crippen LogP contribution >= 0.6 is 0 Å². The number of likely N-dealkylation sites (tertiary alicyclic amines) is 1. The molecule has 1 saturated heterocycles. The zero-order valence-electron chi connectivity index (χ0n) is 13.1. The summed E-state index contributed by atoms with van der Waals surface area (Å²) in [6.07, 6.45) is 6.60. The van der Waals surface area contributed by atoms with Crippen LogP contribution in [0, 0.1) is 0 Å². The van der Waals surface area contributed by atoms with Crippen LogP contribution in [0.2, 0.25) is 0 Å². The molecule has 0 radical (unpaired) electrons. The highest BCUT2D eigenvalue weighted by Crippen LogP contribution is 2.22. The molecule has 1 unspecified atom stereocenters. The number of carbonyl (C=O) groups is 1. The molecular formula is C16H27N3O. The van der Waals surface area contributed by atoms with Gasteiger partial charge in [0.05, 0.1) is 11.4 Å². The topological polar surface area (TPSA) is 38.1 Å². The van der Waals surface area contributed by atoms with E-state index in [2.05, 4.69) is 23.0 Å². The van der Waals surface area contributed by atoms with E-state index in [1.54, 1.807) is 6.92 Å². The molecule has 1 aliphatic heterocycles. The largest absolute Gasteiger partial charge is 0.300 e. The number of Topliss-reactive ketones (excluding diaryl/α,β-unsaturated/α-hetero) is 1. The minimum atomic E-state index is 0.307. The minimum absolute atomic E-state index is 0.307. The molecule has 0 N–H and O–H groups in total. The Labute approximate surface area is 122 Å². The highest BCUT2D eigenvalue weighted by molar-refractivity contribution is 5.76. The summed E-state index contributed by atoms with van der Waals surface area (Å²) in [5.41, 5.74) is 2.41. The highest BCUT2D eigenvalue weighted by atomic mass is 16.1. The Balaban J connectivity index is 2.09. The molecule has 1 fully saturated rings. The first kappa shape index (κ1) is 15.2. The van der Waals surface area contributed by atoms with Crippen LogP contribution in [-0.2, 0) is 24.8 Å². The number of carbonyl (C=O) groups excluding carboxylic acids is 1. The van der Waals surface area contributed by atoms with Crippen LogP contribution in [0.5, 0.6) is 0 Å². The van der Waals surface area contributed by atoms with Gasteiger partial charge in [-0.15, -0.1) is 0 Å². The van der Waals surface area contributed by atoms with E-state index in [-0.39, 0.29) is 0 Å². The zero-order valence-corrected chi connectivity index (χ0v) is 13.1. The van der Waals surface area contributed by atoms with Gasteiger partial charge in [-0.05, 0) is 38.8 Å². The fourth-order valence-electron chi connectivity index (χ4n) is 3.11. The van der Waals surface area contributed by atoms with Crippen molar-refractivity contribution in [1.29, 1.82) is 0 Å². The van der Waals surface area contributed by atoms with Gasteiger partial charge in [-0.25, -0.2) is 0 Å². The number of hydrogen-bond donors (Lipinski definition) is 0. The molecule has 0 aromatic carbocycles. The van der Waals surface area contributed by atoms with Gasteiger partial charge in [0.1, 0.15) is 5.78 Å². The molecule has 0 aliphatic carbocycles. The quantitative estimate of drug-likeness (QED) is 0.830.